The third kappa shape index (κ3) is 3.50. The predicted molar refractivity (Wildman–Crippen MR) is 60.8 cm³/mol. The van der Waals surface area contributed by atoms with Crippen LogP contribution in [0.25, 0.3) is 0 Å². The monoisotopic (exact) mass is 255 g/mol. The first-order chi connectivity index (χ1) is 6.74. The summed E-state index contributed by atoms with van der Waals surface area (Å²) in [5, 5.41) is 0. The van der Waals surface area contributed by atoms with Crippen molar-refractivity contribution >= 4 is 22.1 Å². The summed E-state index contributed by atoms with van der Waals surface area (Å²) in [5.74, 6) is 0.136. The Kier molecular flexibility index (Phi) is 4.66. The van der Waals surface area contributed by atoms with Crippen LogP contribution in [0.3, 0.4) is 0 Å². The van der Waals surface area contributed by atoms with Gasteiger partial charge in [-0.3, -0.25) is 8.72 Å². The van der Waals surface area contributed by atoms with Crippen molar-refractivity contribution in [3.05, 3.63) is 35.9 Å². The van der Waals surface area contributed by atoms with E-state index in [1.54, 1.807) is 3.93 Å². The van der Waals surface area contributed by atoms with Crippen molar-refractivity contribution in [3.8, 4) is 0 Å². The number of benzene rings is 1. The normalized spacial score (nSPS) is 9.86. The summed E-state index contributed by atoms with van der Waals surface area (Å²) >= 11 is 3.26. The van der Waals surface area contributed by atoms with Crippen molar-refractivity contribution in [2.24, 2.45) is 0 Å². The van der Waals surface area contributed by atoms with E-state index in [1.807, 2.05) is 37.3 Å². The summed E-state index contributed by atoms with van der Waals surface area (Å²) in [6.45, 7) is 2.63. The summed E-state index contributed by atoms with van der Waals surface area (Å²) in [6.07, 6.45) is 1.48. The fraction of sp³-hybridized carbons (Fsp3) is 0.364. The van der Waals surface area contributed by atoms with E-state index in [0.717, 1.165) is 12.0 Å². The zero-order chi connectivity index (χ0) is 10.4. The topological polar surface area (TPSA) is 20.3 Å². The van der Waals surface area contributed by atoms with Crippen LogP contribution in [0.1, 0.15) is 25.3 Å². The number of hydrogen-bond donors (Lipinski definition) is 0. The van der Waals surface area contributed by atoms with Crippen molar-refractivity contribution < 1.29 is 4.79 Å². The lowest BCUT2D eigenvalue weighted by Crippen LogP contribution is -2.19. The summed E-state index contributed by atoms with van der Waals surface area (Å²) in [6, 6.07) is 9.93. The van der Waals surface area contributed by atoms with Gasteiger partial charge in [-0.05, 0) is 12.0 Å². The maximum Gasteiger partial charge on any atom is 0.232 e. The average Bonchev–Trinajstić information content (AvgIpc) is 2.19. The van der Waals surface area contributed by atoms with E-state index in [4.69, 9.17) is 0 Å². The molecule has 0 aromatic heterocycles. The Morgan fingerprint density at radius 2 is 2.00 bits per heavy atom. The summed E-state index contributed by atoms with van der Waals surface area (Å²) in [5.41, 5.74) is 1.13. The van der Waals surface area contributed by atoms with Gasteiger partial charge in [-0.2, -0.15) is 0 Å². The lowest BCUT2D eigenvalue weighted by molar-refractivity contribution is -0.126. The van der Waals surface area contributed by atoms with Gasteiger partial charge >= 0.3 is 0 Å². The van der Waals surface area contributed by atoms with Crippen LogP contribution in [0, 0.1) is 0 Å². The molecule has 0 atom stereocenters. The Hall–Kier alpha value is -0.830. The molecule has 0 spiro atoms. The predicted octanol–water partition coefficient (Wildman–Crippen LogP) is 3.13. The van der Waals surface area contributed by atoms with Gasteiger partial charge in [-0.25, -0.2) is 0 Å². The molecule has 0 N–H and O–H groups in total. The highest BCUT2D eigenvalue weighted by Gasteiger charge is 2.08. The number of amides is 1. The second-order valence-electron chi connectivity index (χ2n) is 3.15. The highest BCUT2D eigenvalue weighted by atomic mass is 79.9. The van der Waals surface area contributed by atoms with Gasteiger partial charge in [0.15, 0.2) is 0 Å². The Morgan fingerprint density at radius 1 is 1.36 bits per heavy atom. The van der Waals surface area contributed by atoms with E-state index >= 15 is 0 Å². The molecule has 1 rings (SSSR count). The Morgan fingerprint density at radius 3 is 2.57 bits per heavy atom. The first-order valence-electron chi connectivity index (χ1n) is 4.74. The minimum Gasteiger partial charge on any atom is -0.274 e. The van der Waals surface area contributed by atoms with Crippen molar-refractivity contribution in [2.75, 3.05) is 0 Å². The van der Waals surface area contributed by atoms with E-state index < -0.39 is 0 Å². The number of halogens is 1. The van der Waals surface area contributed by atoms with Crippen molar-refractivity contribution in [2.45, 2.75) is 26.3 Å². The highest BCUT2D eigenvalue weighted by molar-refractivity contribution is 9.07. The van der Waals surface area contributed by atoms with Crippen LogP contribution in [0.5, 0.6) is 0 Å². The molecule has 1 aromatic carbocycles. The fourth-order valence-electron chi connectivity index (χ4n) is 1.17. The highest BCUT2D eigenvalue weighted by Crippen LogP contribution is 2.10. The molecule has 0 aliphatic rings. The summed E-state index contributed by atoms with van der Waals surface area (Å²) in [4.78, 5) is 11.4. The molecule has 0 heterocycles. The summed E-state index contributed by atoms with van der Waals surface area (Å²) in [7, 11) is 0. The molecular formula is C11H14BrNO. The van der Waals surface area contributed by atoms with Crippen LogP contribution in [0.2, 0.25) is 0 Å². The largest absolute Gasteiger partial charge is 0.274 e. The average molecular weight is 256 g/mol. The molecule has 0 aliphatic carbocycles. The molecule has 1 aromatic rings. The molecule has 14 heavy (non-hydrogen) atoms. The quantitative estimate of drug-likeness (QED) is 0.758. The molecule has 0 fully saturated rings. The van der Waals surface area contributed by atoms with Gasteiger partial charge < -0.3 is 0 Å². The standard InChI is InChI=1S/C11H14BrNO/c1-2-6-11(14)13(12)9-10-7-4-3-5-8-10/h3-5,7-8H,2,6,9H2,1H3. The van der Waals surface area contributed by atoms with Gasteiger partial charge in [0.25, 0.3) is 0 Å². The molecule has 76 valence electrons. The third-order valence-electron chi connectivity index (χ3n) is 1.90. The maximum atomic E-state index is 11.4. The van der Waals surface area contributed by atoms with E-state index in [9.17, 15) is 4.79 Å². The first kappa shape index (κ1) is 11.2. The SMILES string of the molecule is CCCC(=O)N(Br)Cc1ccccc1. The van der Waals surface area contributed by atoms with Gasteiger partial charge in [0.05, 0.1) is 22.7 Å². The number of hydrogen-bond acceptors (Lipinski definition) is 1. The van der Waals surface area contributed by atoms with Crippen LogP contribution < -0.4 is 0 Å². The van der Waals surface area contributed by atoms with Crippen LogP contribution in [-0.2, 0) is 11.3 Å². The Bertz CT molecular complexity index is 287. The van der Waals surface area contributed by atoms with Gasteiger partial charge in [-0.15, -0.1) is 0 Å². The zero-order valence-corrected chi connectivity index (χ0v) is 9.83. The van der Waals surface area contributed by atoms with Crippen LogP contribution in [0.15, 0.2) is 30.3 Å². The molecular weight excluding hydrogens is 242 g/mol. The first-order valence-corrected chi connectivity index (χ1v) is 5.45. The van der Waals surface area contributed by atoms with Gasteiger partial charge in [-0.1, -0.05) is 37.3 Å². The van der Waals surface area contributed by atoms with Gasteiger partial charge in [0, 0.05) is 6.42 Å². The van der Waals surface area contributed by atoms with Crippen molar-refractivity contribution in [3.63, 3.8) is 0 Å². The second-order valence-corrected chi connectivity index (χ2v) is 4.01. The lowest BCUT2D eigenvalue weighted by Gasteiger charge is -2.13. The van der Waals surface area contributed by atoms with E-state index in [0.29, 0.717) is 13.0 Å². The second kappa shape index (κ2) is 5.81. The number of carbonyl (C=O) groups is 1. The molecule has 0 saturated heterocycles. The molecule has 2 nitrogen and oxygen atoms in total. The molecule has 0 saturated carbocycles. The molecule has 0 unspecified atom stereocenters. The van der Waals surface area contributed by atoms with Crippen molar-refractivity contribution in [1.29, 1.82) is 0 Å². The smallest absolute Gasteiger partial charge is 0.232 e. The number of nitrogens with zero attached hydrogens (tertiary/aromatic N) is 1. The molecule has 0 bridgehead atoms. The third-order valence-corrected chi connectivity index (χ3v) is 2.55. The van der Waals surface area contributed by atoms with Crippen LogP contribution >= 0.6 is 16.1 Å². The number of carbonyl (C=O) groups excluding carboxylic acids is 1. The van der Waals surface area contributed by atoms with Crippen LogP contribution in [0.4, 0.5) is 0 Å². The Balaban J connectivity index is 2.49. The van der Waals surface area contributed by atoms with Gasteiger partial charge in [0.1, 0.15) is 0 Å². The molecule has 0 aliphatic heterocycles. The zero-order valence-electron chi connectivity index (χ0n) is 8.24. The number of rotatable bonds is 4. The Labute approximate surface area is 93.3 Å². The summed E-state index contributed by atoms with van der Waals surface area (Å²) < 4.78 is 1.59. The lowest BCUT2D eigenvalue weighted by atomic mass is 10.2. The van der Waals surface area contributed by atoms with E-state index in [-0.39, 0.29) is 5.91 Å². The molecule has 0 radical (unpaired) electrons. The van der Waals surface area contributed by atoms with E-state index in [2.05, 4.69) is 16.1 Å². The molecule has 3 heteroatoms. The van der Waals surface area contributed by atoms with Crippen LogP contribution in [-0.4, -0.2) is 9.83 Å². The maximum absolute atomic E-state index is 11.4. The van der Waals surface area contributed by atoms with E-state index in [1.165, 1.54) is 0 Å². The fourth-order valence-corrected chi connectivity index (χ4v) is 1.63. The van der Waals surface area contributed by atoms with Gasteiger partial charge in [0.2, 0.25) is 5.91 Å². The minimum atomic E-state index is 0.136. The minimum absolute atomic E-state index is 0.136. The van der Waals surface area contributed by atoms with Crippen molar-refractivity contribution in [1.82, 2.24) is 3.93 Å². The molecule has 1 amide bonds.